The molecule has 0 atom stereocenters. The molecule has 2 rings (SSSR count). The van der Waals surface area contributed by atoms with Gasteiger partial charge in [-0.15, -0.1) is 0 Å². The fourth-order valence-corrected chi connectivity index (χ4v) is 2.99. The van der Waals surface area contributed by atoms with Gasteiger partial charge >= 0.3 is 0 Å². The first-order valence-electron chi connectivity index (χ1n) is 10.1. The summed E-state index contributed by atoms with van der Waals surface area (Å²) in [6.07, 6.45) is 0. The summed E-state index contributed by atoms with van der Waals surface area (Å²) in [5.74, 6) is 1.85. The number of hydrogen-bond donors (Lipinski definition) is 2. The van der Waals surface area contributed by atoms with Crippen molar-refractivity contribution >= 4 is 17.6 Å². The molecule has 0 saturated carbocycles. The second kappa shape index (κ2) is 10.2. The van der Waals surface area contributed by atoms with Gasteiger partial charge in [0.1, 0.15) is 5.75 Å². The monoisotopic (exact) mass is 389 g/mol. The number of carbonyl (C=O) groups excluding carboxylic acids is 1. The average molecular weight is 390 g/mol. The topological polar surface area (TPSA) is 69.2 Å². The van der Waals surface area contributed by atoms with Gasteiger partial charge in [-0.05, 0) is 31.2 Å². The number of ether oxygens (including phenoxy) is 1. The summed E-state index contributed by atoms with van der Waals surface area (Å²) in [4.78, 5) is 21.3. The quantitative estimate of drug-likeness (QED) is 0.442. The average Bonchev–Trinajstić information content (AvgIpc) is 2.69. The normalized spacial score (nSPS) is 15.4. The zero-order valence-electron chi connectivity index (χ0n) is 17.9. The Balaban J connectivity index is 1.86. The van der Waals surface area contributed by atoms with Crippen LogP contribution in [0.5, 0.6) is 5.75 Å². The zero-order valence-corrected chi connectivity index (χ0v) is 17.9. The minimum Gasteiger partial charge on any atom is -0.497 e. The fraction of sp³-hybridized carbons (Fsp3) is 0.619. The molecular formula is C21H35N5O2. The molecule has 1 saturated heterocycles. The number of nitrogens with zero attached hydrogens (tertiary/aromatic N) is 3. The smallest absolute Gasteiger partial charge is 0.225 e. The van der Waals surface area contributed by atoms with E-state index in [4.69, 9.17) is 9.73 Å². The maximum atomic E-state index is 11.9. The third-order valence-corrected chi connectivity index (χ3v) is 4.69. The summed E-state index contributed by atoms with van der Waals surface area (Å²) in [5.41, 5.74) is 0.846. The summed E-state index contributed by atoms with van der Waals surface area (Å²) >= 11 is 0. The molecule has 1 heterocycles. The SMILES string of the molecule is CCNC(=NCCNC(=O)C(C)(C)C)N1CCN(c2ccc(OC)cc2)CC1. The lowest BCUT2D eigenvalue weighted by Crippen LogP contribution is -2.52. The van der Waals surface area contributed by atoms with Crippen molar-refractivity contribution < 1.29 is 9.53 Å². The number of benzene rings is 1. The molecule has 0 aliphatic carbocycles. The predicted molar refractivity (Wildman–Crippen MR) is 115 cm³/mol. The van der Waals surface area contributed by atoms with Crippen molar-refractivity contribution in [3.05, 3.63) is 24.3 Å². The van der Waals surface area contributed by atoms with E-state index in [2.05, 4.69) is 39.5 Å². The minimum absolute atomic E-state index is 0.0563. The number of carbonyl (C=O) groups is 1. The van der Waals surface area contributed by atoms with E-state index in [0.29, 0.717) is 13.1 Å². The third-order valence-electron chi connectivity index (χ3n) is 4.69. The summed E-state index contributed by atoms with van der Waals surface area (Å²) < 4.78 is 5.23. The fourth-order valence-electron chi connectivity index (χ4n) is 2.99. The van der Waals surface area contributed by atoms with Gasteiger partial charge in [0, 0.05) is 50.4 Å². The van der Waals surface area contributed by atoms with Crippen molar-refractivity contribution in [2.45, 2.75) is 27.7 Å². The number of methoxy groups -OCH3 is 1. The Labute approximate surface area is 169 Å². The first kappa shape index (κ1) is 21.9. The van der Waals surface area contributed by atoms with Gasteiger partial charge in [-0.2, -0.15) is 0 Å². The number of guanidine groups is 1. The number of anilines is 1. The van der Waals surface area contributed by atoms with Crippen LogP contribution in [0.4, 0.5) is 5.69 Å². The highest BCUT2D eigenvalue weighted by Crippen LogP contribution is 2.20. The van der Waals surface area contributed by atoms with Gasteiger partial charge in [-0.25, -0.2) is 0 Å². The summed E-state index contributed by atoms with van der Waals surface area (Å²) in [6.45, 7) is 13.5. The van der Waals surface area contributed by atoms with Crippen LogP contribution in [0.2, 0.25) is 0 Å². The Morgan fingerprint density at radius 3 is 2.29 bits per heavy atom. The predicted octanol–water partition coefficient (Wildman–Crippen LogP) is 1.95. The van der Waals surface area contributed by atoms with Crippen LogP contribution in [0.25, 0.3) is 0 Å². The van der Waals surface area contributed by atoms with Crippen molar-refractivity contribution in [3.63, 3.8) is 0 Å². The molecule has 0 spiro atoms. The number of rotatable bonds is 6. The van der Waals surface area contributed by atoms with Crippen LogP contribution in [-0.4, -0.2) is 69.7 Å². The van der Waals surface area contributed by atoms with Crippen LogP contribution in [0.15, 0.2) is 29.3 Å². The van der Waals surface area contributed by atoms with E-state index < -0.39 is 0 Å². The summed E-state index contributed by atoms with van der Waals surface area (Å²) in [7, 11) is 1.68. The molecule has 28 heavy (non-hydrogen) atoms. The van der Waals surface area contributed by atoms with Gasteiger partial charge in [0.05, 0.1) is 13.7 Å². The van der Waals surface area contributed by atoms with Crippen molar-refractivity contribution in [2.75, 3.05) is 57.8 Å². The highest BCUT2D eigenvalue weighted by atomic mass is 16.5. The van der Waals surface area contributed by atoms with Gasteiger partial charge in [0.15, 0.2) is 5.96 Å². The molecule has 1 aromatic carbocycles. The molecule has 0 aromatic heterocycles. The Bertz CT molecular complexity index is 644. The third kappa shape index (κ3) is 6.32. The number of aliphatic imine (C=N–C) groups is 1. The second-order valence-corrected chi connectivity index (χ2v) is 7.91. The highest BCUT2D eigenvalue weighted by molar-refractivity contribution is 5.82. The van der Waals surface area contributed by atoms with Gasteiger partial charge < -0.3 is 25.2 Å². The van der Waals surface area contributed by atoms with Crippen molar-refractivity contribution in [1.82, 2.24) is 15.5 Å². The van der Waals surface area contributed by atoms with E-state index >= 15 is 0 Å². The molecule has 1 aliphatic rings. The molecule has 7 heteroatoms. The lowest BCUT2D eigenvalue weighted by atomic mass is 9.96. The van der Waals surface area contributed by atoms with Crippen LogP contribution < -0.4 is 20.3 Å². The first-order chi connectivity index (χ1) is 13.3. The van der Waals surface area contributed by atoms with Crippen LogP contribution >= 0.6 is 0 Å². The van der Waals surface area contributed by atoms with E-state index in [1.807, 2.05) is 32.9 Å². The summed E-state index contributed by atoms with van der Waals surface area (Å²) in [6, 6.07) is 8.20. The number of piperazine rings is 1. The van der Waals surface area contributed by atoms with Gasteiger partial charge in [-0.1, -0.05) is 20.8 Å². The Morgan fingerprint density at radius 2 is 1.75 bits per heavy atom. The lowest BCUT2D eigenvalue weighted by Gasteiger charge is -2.37. The molecule has 2 N–H and O–H groups in total. The number of hydrogen-bond acceptors (Lipinski definition) is 4. The molecule has 156 valence electrons. The Hall–Kier alpha value is -2.44. The van der Waals surface area contributed by atoms with Gasteiger partial charge in [0.25, 0.3) is 0 Å². The van der Waals surface area contributed by atoms with E-state index in [0.717, 1.165) is 44.4 Å². The summed E-state index contributed by atoms with van der Waals surface area (Å²) in [5, 5.41) is 6.32. The molecule has 1 aliphatic heterocycles. The molecule has 1 aromatic rings. The molecule has 0 bridgehead atoms. The first-order valence-corrected chi connectivity index (χ1v) is 10.1. The van der Waals surface area contributed by atoms with Crippen molar-refractivity contribution in [3.8, 4) is 5.75 Å². The van der Waals surface area contributed by atoms with Crippen molar-refractivity contribution in [2.24, 2.45) is 10.4 Å². The second-order valence-electron chi connectivity index (χ2n) is 7.91. The highest BCUT2D eigenvalue weighted by Gasteiger charge is 2.21. The molecule has 7 nitrogen and oxygen atoms in total. The van der Waals surface area contributed by atoms with E-state index in [1.165, 1.54) is 5.69 Å². The van der Waals surface area contributed by atoms with E-state index in [1.54, 1.807) is 7.11 Å². The molecule has 0 unspecified atom stereocenters. The maximum Gasteiger partial charge on any atom is 0.225 e. The lowest BCUT2D eigenvalue weighted by molar-refractivity contribution is -0.128. The number of nitrogens with one attached hydrogen (secondary N) is 2. The maximum absolute atomic E-state index is 11.9. The van der Waals surface area contributed by atoms with E-state index in [9.17, 15) is 4.79 Å². The van der Waals surface area contributed by atoms with Crippen LogP contribution in [0.3, 0.4) is 0 Å². The Kier molecular flexibility index (Phi) is 7.96. The number of amides is 1. The van der Waals surface area contributed by atoms with Crippen molar-refractivity contribution in [1.29, 1.82) is 0 Å². The molecule has 0 radical (unpaired) electrons. The minimum atomic E-state index is -0.369. The molecule has 1 fully saturated rings. The molecular weight excluding hydrogens is 354 g/mol. The largest absolute Gasteiger partial charge is 0.497 e. The van der Waals surface area contributed by atoms with E-state index in [-0.39, 0.29) is 11.3 Å². The van der Waals surface area contributed by atoms with Crippen LogP contribution in [0.1, 0.15) is 27.7 Å². The zero-order chi connectivity index (χ0) is 20.6. The van der Waals surface area contributed by atoms with Gasteiger partial charge in [0.2, 0.25) is 5.91 Å². The van der Waals surface area contributed by atoms with Crippen LogP contribution in [0, 0.1) is 5.41 Å². The van der Waals surface area contributed by atoms with Crippen LogP contribution in [-0.2, 0) is 4.79 Å². The van der Waals surface area contributed by atoms with Gasteiger partial charge in [-0.3, -0.25) is 9.79 Å². The standard InChI is InChI=1S/C21H35N5O2/c1-6-22-20(24-12-11-23-19(27)21(2,3)4)26-15-13-25(14-16-26)17-7-9-18(28-5)10-8-17/h7-10H,6,11-16H2,1-5H3,(H,22,24)(H,23,27). The molecule has 1 amide bonds. The Morgan fingerprint density at radius 1 is 1.11 bits per heavy atom.